The van der Waals surface area contributed by atoms with Gasteiger partial charge in [-0.2, -0.15) is 0 Å². The van der Waals surface area contributed by atoms with Crippen LogP contribution in [0.25, 0.3) is 0 Å². The van der Waals surface area contributed by atoms with Crippen molar-refractivity contribution in [3.05, 3.63) is 23.8 Å². The molecule has 5 heteroatoms. The smallest absolute Gasteiger partial charge is 0.128 e. The van der Waals surface area contributed by atoms with E-state index in [0.717, 1.165) is 5.56 Å². The van der Waals surface area contributed by atoms with Gasteiger partial charge >= 0.3 is 0 Å². The molecule has 21 heavy (non-hydrogen) atoms. The van der Waals surface area contributed by atoms with Crippen LogP contribution in [0.15, 0.2) is 18.2 Å². The molecule has 2 bridgehead atoms. The highest BCUT2D eigenvalue weighted by Gasteiger charge is 2.48. The van der Waals surface area contributed by atoms with Crippen molar-refractivity contribution in [3.8, 4) is 11.5 Å². The molecule has 0 radical (unpaired) electrons. The lowest BCUT2D eigenvalue weighted by Crippen LogP contribution is -2.59. The highest BCUT2D eigenvalue weighted by atomic mass is 16.5. The van der Waals surface area contributed by atoms with Crippen molar-refractivity contribution in [1.29, 1.82) is 0 Å². The van der Waals surface area contributed by atoms with E-state index in [1.807, 2.05) is 18.2 Å². The van der Waals surface area contributed by atoms with Gasteiger partial charge in [-0.05, 0) is 32.0 Å². The van der Waals surface area contributed by atoms with E-state index in [4.69, 9.17) is 14.2 Å². The standard InChI is InChI=1S/C16H23NO4/c1-17-11-7-16(18,8-12(17)10-21-9-11)15-13(19-2)5-4-6-14(15)20-3/h4-6,11-12,18H,7-10H2,1-3H3. The van der Waals surface area contributed by atoms with Crippen molar-refractivity contribution in [1.82, 2.24) is 4.90 Å². The number of methoxy groups -OCH3 is 2. The first-order valence-corrected chi connectivity index (χ1v) is 7.32. The van der Waals surface area contributed by atoms with Gasteiger partial charge in [-0.1, -0.05) is 6.07 Å². The fourth-order valence-corrected chi connectivity index (χ4v) is 3.66. The van der Waals surface area contributed by atoms with Gasteiger partial charge < -0.3 is 19.3 Å². The lowest BCUT2D eigenvalue weighted by atomic mass is 9.76. The second-order valence-corrected chi connectivity index (χ2v) is 5.99. The minimum atomic E-state index is -0.941. The number of benzene rings is 1. The van der Waals surface area contributed by atoms with Crippen molar-refractivity contribution in [2.75, 3.05) is 34.5 Å². The summed E-state index contributed by atoms with van der Waals surface area (Å²) in [7, 11) is 5.36. The number of hydrogen-bond donors (Lipinski definition) is 1. The second kappa shape index (κ2) is 5.48. The van der Waals surface area contributed by atoms with Crippen LogP contribution in [0.5, 0.6) is 11.5 Å². The van der Waals surface area contributed by atoms with E-state index in [9.17, 15) is 5.11 Å². The van der Waals surface area contributed by atoms with E-state index in [2.05, 4.69) is 11.9 Å². The lowest BCUT2D eigenvalue weighted by Gasteiger charge is -2.50. The van der Waals surface area contributed by atoms with Gasteiger partial charge in [-0.15, -0.1) is 0 Å². The molecule has 116 valence electrons. The van der Waals surface area contributed by atoms with Crippen LogP contribution in [0.2, 0.25) is 0 Å². The van der Waals surface area contributed by atoms with Crippen LogP contribution in [0, 0.1) is 0 Å². The maximum absolute atomic E-state index is 11.3. The summed E-state index contributed by atoms with van der Waals surface area (Å²) >= 11 is 0. The molecule has 0 spiro atoms. The van der Waals surface area contributed by atoms with Gasteiger partial charge in [0.2, 0.25) is 0 Å². The molecule has 1 N–H and O–H groups in total. The molecular weight excluding hydrogens is 270 g/mol. The Balaban J connectivity index is 2.03. The Morgan fingerprint density at radius 3 is 2.14 bits per heavy atom. The molecule has 2 heterocycles. The SMILES string of the molecule is COc1cccc(OC)c1C1(O)CC2COCC(C1)N2C. The average Bonchev–Trinajstić information content (AvgIpc) is 2.48. The van der Waals surface area contributed by atoms with Crippen LogP contribution in [-0.4, -0.2) is 56.6 Å². The van der Waals surface area contributed by atoms with Crippen LogP contribution in [0.1, 0.15) is 18.4 Å². The van der Waals surface area contributed by atoms with E-state index < -0.39 is 5.60 Å². The number of hydrogen-bond acceptors (Lipinski definition) is 5. The lowest BCUT2D eigenvalue weighted by molar-refractivity contribution is -0.138. The first-order valence-electron chi connectivity index (χ1n) is 7.32. The molecule has 0 amide bonds. The summed E-state index contributed by atoms with van der Waals surface area (Å²) in [6.07, 6.45) is 1.24. The quantitative estimate of drug-likeness (QED) is 0.912. The summed E-state index contributed by atoms with van der Waals surface area (Å²) < 4.78 is 16.6. The molecule has 3 rings (SSSR count). The number of morpholine rings is 1. The molecular formula is C16H23NO4. The zero-order valence-electron chi connectivity index (χ0n) is 12.8. The zero-order chi connectivity index (χ0) is 15.0. The van der Waals surface area contributed by atoms with Gasteiger partial charge in [0.1, 0.15) is 17.1 Å². The Morgan fingerprint density at radius 1 is 1.14 bits per heavy atom. The van der Waals surface area contributed by atoms with Crippen LogP contribution in [0.4, 0.5) is 0 Å². The molecule has 0 aromatic heterocycles. The van der Waals surface area contributed by atoms with E-state index >= 15 is 0 Å². The van der Waals surface area contributed by atoms with E-state index in [1.165, 1.54) is 0 Å². The number of rotatable bonds is 3. The Labute approximate surface area is 125 Å². The topological polar surface area (TPSA) is 51.2 Å². The summed E-state index contributed by atoms with van der Waals surface area (Å²) in [6.45, 7) is 1.32. The molecule has 2 aliphatic rings. The van der Waals surface area contributed by atoms with Crippen LogP contribution >= 0.6 is 0 Å². The Hall–Kier alpha value is -1.30. The normalized spacial score (nSPS) is 32.8. The summed E-state index contributed by atoms with van der Waals surface area (Å²) in [5.74, 6) is 1.36. The highest BCUT2D eigenvalue weighted by Crippen LogP contribution is 2.47. The summed E-state index contributed by atoms with van der Waals surface area (Å²) in [4.78, 5) is 2.32. The van der Waals surface area contributed by atoms with Crippen LogP contribution in [-0.2, 0) is 10.3 Å². The Morgan fingerprint density at radius 2 is 1.67 bits per heavy atom. The third kappa shape index (κ3) is 2.39. The summed E-state index contributed by atoms with van der Waals surface area (Å²) in [6, 6.07) is 6.07. The molecule has 2 aliphatic heterocycles. The molecule has 2 fully saturated rings. The molecule has 0 saturated carbocycles. The summed E-state index contributed by atoms with van der Waals surface area (Å²) in [5.41, 5.74) is -0.177. The number of ether oxygens (including phenoxy) is 3. The van der Waals surface area contributed by atoms with E-state index in [0.29, 0.717) is 37.6 Å². The molecule has 1 aromatic carbocycles. The fourth-order valence-electron chi connectivity index (χ4n) is 3.66. The van der Waals surface area contributed by atoms with Crippen molar-refractivity contribution in [2.45, 2.75) is 30.5 Å². The molecule has 0 aliphatic carbocycles. The van der Waals surface area contributed by atoms with Crippen LogP contribution < -0.4 is 9.47 Å². The minimum Gasteiger partial charge on any atom is -0.496 e. The molecule has 2 saturated heterocycles. The average molecular weight is 293 g/mol. The fraction of sp³-hybridized carbons (Fsp3) is 0.625. The van der Waals surface area contributed by atoms with Crippen LogP contribution in [0.3, 0.4) is 0 Å². The third-order valence-electron chi connectivity index (χ3n) is 4.81. The van der Waals surface area contributed by atoms with Crippen molar-refractivity contribution in [2.24, 2.45) is 0 Å². The first kappa shape index (κ1) is 14.6. The maximum Gasteiger partial charge on any atom is 0.128 e. The van der Waals surface area contributed by atoms with Gasteiger partial charge in [0.25, 0.3) is 0 Å². The number of piperidine rings is 1. The monoisotopic (exact) mass is 293 g/mol. The highest BCUT2D eigenvalue weighted by molar-refractivity contribution is 5.49. The predicted octanol–water partition coefficient (Wildman–Crippen LogP) is 1.38. The summed E-state index contributed by atoms with van der Waals surface area (Å²) in [5, 5.41) is 11.3. The van der Waals surface area contributed by atoms with Crippen molar-refractivity contribution in [3.63, 3.8) is 0 Å². The number of fused-ring (bicyclic) bond motifs is 2. The Bertz CT molecular complexity index is 483. The first-order chi connectivity index (χ1) is 10.1. The number of nitrogens with zero attached hydrogens (tertiary/aromatic N) is 1. The van der Waals surface area contributed by atoms with E-state index in [1.54, 1.807) is 14.2 Å². The maximum atomic E-state index is 11.3. The largest absolute Gasteiger partial charge is 0.496 e. The number of aliphatic hydroxyl groups is 1. The van der Waals surface area contributed by atoms with Gasteiger partial charge in [0.05, 0.1) is 33.0 Å². The van der Waals surface area contributed by atoms with Gasteiger partial charge in [0, 0.05) is 12.1 Å². The van der Waals surface area contributed by atoms with Crippen molar-refractivity contribution < 1.29 is 19.3 Å². The third-order valence-corrected chi connectivity index (χ3v) is 4.81. The Kier molecular flexibility index (Phi) is 3.82. The van der Waals surface area contributed by atoms with E-state index in [-0.39, 0.29) is 12.1 Å². The molecule has 2 atom stereocenters. The number of likely N-dealkylation sites (N-methyl/N-ethyl adjacent to an activating group) is 1. The molecule has 5 nitrogen and oxygen atoms in total. The minimum absolute atomic E-state index is 0.220. The second-order valence-electron chi connectivity index (χ2n) is 5.99. The van der Waals surface area contributed by atoms with Gasteiger partial charge in [-0.3, -0.25) is 4.90 Å². The van der Waals surface area contributed by atoms with Gasteiger partial charge in [0.15, 0.2) is 0 Å². The van der Waals surface area contributed by atoms with Gasteiger partial charge in [-0.25, -0.2) is 0 Å². The van der Waals surface area contributed by atoms with Crippen molar-refractivity contribution >= 4 is 0 Å². The molecule has 2 unspecified atom stereocenters. The predicted molar refractivity (Wildman–Crippen MR) is 78.8 cm³/mol. The molecule has 1 aromatic rings. The zero-order valence-corrected chi connectivity index (χ0v) is 12.8.